The second-order valence-corrected chi connectivity index (χ2v) is 7.69. The standard InChI is InChI=1S/C15H17N3O2S2/c1-3-7-18-14(20)11-9-5-4-6-10(9)22-13(11)17-15(18)21-8(2)12(16)19/h3,8H,1,4-7H2,2H3,(H2,16,19)/t8-/m0/s1. The number of thioether (sulfide) groups is 1. The lowest BCUT2D eigenvalue weighted by Gasteiger charge is -2.12. The number of aryl methyl sites for hydroxylation is 2. The van der Waals surface area contributed by atoms with Crippen LogP contribution in [-0.4, -0.2) is 20.7 Å². The van der Waals surface area contributed by atoms with E-state index in [4.69, 9.17) is 5.73 Å². The van der Waals surface area contributed by atoms with Gasteiger partial charge in [0.15, 0.2) is 5.16 Å². The zero-order valence-electron chi connectivity index (χ0n) is 12.3. The number of allylic oxidation sites excluding steroid dienone is 1. The molecule has 0 aromatic carbocycles. The minimum absolute atomic E-state index is 0.0385. The smallest absolute Gasteiger partial charge is 0.263 e. The fourth-order valence-corrected chi connectivity index (χ4v) is 4.83. The van der Waals surface area contributed by atoms with Gasteiger partial charge in [-0.25, -0.2) is 4.98 Å². The van der Waals surface area contributed by atoms with Gasteiger partial charge in [0, 0.05) is 11.4 Å². The highest BCUT2D eigenvalue weighted by atomic mass is 32.2. The predicted octanol–water partition coefficient (Wildman–Crippen LogP) is 2.10. The van der Waals surface area contributed by atoms with Crippen molar-refractivity contribution in [3.63, 3.8) is 0 Å². The Morgan fingerprint density at radius 1 is 1.59 bits per heavy atom. The van der Waals surface area contributed by atoms with E-state index in [0.29, 0.717) is 11.7 Å². The van der Waals surface area contributed by atoms with E-state index in [1.807, 2.05) is 0 Å². The monoisotopic (exact) mass is 335 g/mol. The van der Waals surface area contributed by atoms with Crippen LogP contribution in [-0.2, 0) is 24.2 Å². The number of fused-ring (bicyclic) bond motifs is 3. The van der Waals surface area contributed by atoms with Gasteiger partial charge in [0.1, 0.15) is 4.83 Å². The minimum Gasteiger partial charge on any atom is -0.369 e. The molecule has 0 fully saturated rings. The van der Waals surface area contributed by atoms with E-state index < -0.39 is 11.2 Å². The number of hydrogen-bond donors (Lipinski definition) is 1. The summed E-state index contributed by atoms with van der Waals surface area (Å²) < 4.78 is 1.59. The van der Waals surface area contributed by atoms with Gasteiger partial charge in [-0.05, 0) is 31.7 Å². The third-order valence-corrected chi connectivity index (χ3v) is 6.08. The number of primary amides is 1. The average molecular weight is 335 g/mol. The SMILES string of the molecule is C=CCn1c(S[C@@H](C)C(N)=O)nc2sc3c(c2c1=O)CCC3. The Hall–Kier alpha value is -1.60. The Morgan fingerprint density at radius 3 is 3.05 bits per heavy atom. The van der Waals surface area contributed by atoms with E-state index in [0.717, 1.165) is 35.0 Å². The highest BCUT2D eigenvalue weighted by Crippen LogP contribution is 2.35. The number of nitrogens with zero attached hydrogens (tertiary/aromatic N) is 2. The zero-order chi connectivity index (χ0) is 15.9. The molecule has 0 unspecified atom stereocenters. The van der Waals surface area contributed by atoms with E-state index in [1.165, 1.54) is 16.6 Å². The van der Waals surface area contributed by atoms with Crippen molar-refractivity contribution in [3.05, 3.63) is 33.4 Å². The highest BCUT2D eigenvalue weighted by molar-refractivity contribution is 8.00. The van der Waals surface area contributed by atoms with Crippen LogP contribution in [0.4, 0.5) is 0 Å². The van der Waals surface area contributed by atoms with Crippen LogP contribution in [0.1, 0.15) is 23.8 Å². The van der Waals surface area contributed by atoms with Gasteiger partial charge in [-0.15, -0.1) is 17.9 Å². The second-order valence-electron chi connectivity index (χ2n) is 5.30. The Labute approximate surface area is 136 Å². The van der Waals surface area contributed by atoms with Crippen molar-refractivity contribution in [1.29, 1.82) is 0 Å². The lowest BCUT2D eigenvalue weighted by Crippen LogP contribution is -2.27. The number of amides is 1. The first-order chi connectivity index (χ1) is 10.5. The van der Waals surface area contributed by atoms with Crippen LogP contribution in [0.3, 0.4) is 0 Å². The Bertz CT molecular complexity index is 822. The molecule has 0 bridgehead atoms. The van der Waals surface area contributed by atoms with Crippen molar-refractivity contribution in [2.45, 2.75) is 43.1 Å². The van der Waals surface area contributed by atoms with E-state index in [2.05, 4.69) is 11.6 Å². The first kappa shape index (κ1) is 15.3. The first-order valence-electron chi connectivity index (χ1n) is 7.15. The molecule has 0 aliphatic heterocycles. The molecule has 1 atom stereocenters. The second kappa shape index (κ2) is 5.89. The summed E-state index contributed by atoms with van der Waals surface area (Å²) in [7, 11) is 0. The lowest BCUT2D eigenvalue weighted by molar-refractivity contribution is -0.117. The molecule has 0 saturated heterocycles. The van der Waals surface area contributed by atoms with Gasteiger partial charge < -0.3 is 5.73 Å². The highest BCUT2D eigenvalue weighted by Gasteiger charge is 2.24. The number of carbonyl (C=O) groups excluding carboxylic acids is 1. The van der Waals surface area contributed by atoms with Gasteiger partial charge in [-0.1, -0.05) is 17.8 Å². The number of rotatable bonds is 5. The molecule has 2 aromatic heterocycles. The molecule has 2 heterocycles. The van der Waals surface area contributed by atoms with E-state index in [9.17, 15) is 9.59 Å². The fourth-order valence-electron chi connectivity index (χ4n) is 2.65. The Balaban J connectivity index is 2.19. The number of nitrogens with two attached hydrogens (primary N) is 1. The fraction of sp³-hybridized carbons (Fsp3) is 0.400. The molecule has 1 aliphatic carbocycles. The minimum atomic E-state index is -0.438. The van der Waals surface area contributed by atoms with Crippen molar-refractivity contribution in [2.75, 3.05) is 0 Å². The first-order valence-corrected chi connectivity index (χ1v) is 8.84. The summed E-state index contributed by atoms with van der Waals surface area (Å²) in [4.78, 5) is 30.8. The van der Waals surface area contributed by atoms with Crippen LogP contribution < -0.4 is 11.3 Å². The summed E-state index contributed by atoms with van der Waals surface area (Å²) in [5.41, 5.74) is 6.45. The van der Waals surface area contributed by atoms with Crippen molar-refractivity contribution >= 4 is 39.2 Å². The van der Waals surface area contributed by atoms with Crippen LogP contribution in [0, 0.1) is 0 Å². The largest absolute Gasteiger partial charge is 0.369 e. The molecule has 1 aliphatic rings. The van der Waals surface area contributed by atoms with Crippen LogP contribution in [0.2, 0.25) is 0 Å². The van der Waals surface area contributed by atoms with Gasteiger partial charge in [0.25, 0.3) is 5.56 Å². The molecule has 2 N–H and O–H groups in total. The van der Waals surface area contributed by atoms with Crippen LogP contribution in [0.5, 0.6) is 0 Å². The van der Waals surface area contributed by atoms with E-state index in [-0.39, 0.29) is 5.56 Å². The number of thiophene rings is 1. The number of hydrogen-bond acceptors (Lipinski definition) is 5. The van der Waals surface area contributed by atoms with Crippen molar-refractivity contribution in [3.8, 4) is 0 Å². The summed E-state index contributed by atoms with van der Waals surface area (Å²) in [5.74, 6) is -0.418. The van der Waals surface area contributed by atoms with Crippen molar-refractivity contribution in [2.24, 2.45) is 5.73 Å². The average Bonchev–Trinajstić information content (AvgIpc) is 3.02. The maximum atomic E-state index is 12.9. The van der Waals surface area contributed by atoms with Gasteiger partial charge in [0.05, 0.1) is 10.6 Å². The molecule has 22 heavy (non-hydrogen) atoms. The molecule has 5 nitrogen and oxygen atoms in total. The van der Waals surface area contributed by atoms with E-state index in [1.54, 1.807) is 28.9 Å². The summed E-state index contributed by atoms with van der Waals surface area (Å²) in [6, 6.07) is 0. The van der Waals surface area contributed by atoms with Crippen LogP contribution in [0.25, 0.3) is 10.2 Å². The topological polar surface area (TPSA) is 78.0 Å². The van der Waals surface area contributed by atoms with Crippen molar-refractivity contribution < 1.29 is 4.79 Å². The third-order valence-electron chi connectivity index (χ3n) is 3.78. The Morgan fingerprint density at radius 2 is 2.36 bits per heavy atom. The lowest BCUT2D eigenvalue weighted by atomic mass is 10.2. The zero-order valence-corrected chi connectivity index (χ0v) is 13.9. The van der Waals surface area contributed by atoms with Crippen molar-refractivity contribution in [1.82, 2.24) is 9.55 Å². The molecule has 116 valence electrons. The molecule has 7 heteroatoms. The molecule has 0 saturated carbocycles. The molecule has 2 aromatic rings. The summed E-state index contributed by atoms with van der Waals surface area (Å²) in [5, 5.41) is 0.839. The molecular formula is C15H17N3O2S2. The van der Waals surface area contributed by atoms with Gasteiger partial charge in [-0.2, -0.15) is 0 Å². The van der Waals surface area contributed by atoms with Gasteiger partial charge in [-0.3, -0.25) is 14.2 Å². The predicted molar refractivity (Wildman–Crippen MR) is 90.6 cm³/mol. The molecule has 3 rings (SSSR count). The number of aromatic nitrogens is 2. The Kier molecular flexibility index (Phi) is 4.10. The molecule has 0 radical (unpaired) electrons. The summed E-state index contributed by atoms with van der Waals surface area (Å²) in [6.45, 7) is 5.80. The van der Waals surface area contributed by atoms with Gasteiger partial charge >= 0.3 is 0 Å². The normalized spacial score (nSPS) is 15.0. The van der Waals surface area contributed by atoms with E-state index >= 15 is 0 Å². The maximum absolute atomic E-state index is 12.9. The summed E-state index contributed by atoms with van der Waals surface area (Å²) >= 11 is 2.82. The molecule has 1 amide bonds. The molecule has 0 spiro atoms. The van der Waals surface area contributed by atoms with Crippen LogP contribution in [0.15, 0.2) is 22.6 Å². The molecular weight excluding hydrogens is 318 g/mol. The summed E-state index contributed by atoms with van der Waals surface area (Å²) in [6.07, 6.45) is 4.75. The third kappa shape index (κ3) is 2.48. The number of carbonyl (C=O) groups is 1. The van der Waals surface area contributed by atoms with Gasteiger partial charge in [0.2, 0.25) is 5.91 Å². The van der Waals surface area contributed by atoms with Crippen LogP contribution >= 0.6 is 23.1 Å². The quantitative estimate of drug-likeness (QED) is 0.516. The maximum Gasteiger partial charge on any atom is 0.263 e.